The molecule has 0 bridgehead atoms. The van der Waals surface area contributed by atoms with Gasteiger partial charge in [-0.05, 0) is 55.0 Å². The maximum atomic E-state index is 11.8. The molecule has 0 saturated carbocycles. The molecule has 0 radical (unpaired) electrons. The number of halogens is 1. The van der Waals surface area contributed by atoms with Crippen molar-refractivity contribution in [2.75, 3.05) is 19.1 Å². The Bertz CT molecular complexity index is 807. The molecule has 0 amide bonds. The summed E-state index contributed by atoms with van der Waals surface area (Å²) in [4.78, 5) is 11.8. The van der Waals surface area contributed by atoms with Crippen LogP contribution in [0.2, 0.25) is 0 Å². The van der Waals surface area contributed by atoms with Gasteiger partial charge in [0, 0.05) is 0 Å². The predicted molar refractivity (Wildman–Crippen MR) is 135 cm³/mol. The van der Waals surface area contributed by atoms with Gasteiger partial charge in [-0.15, -0.1) is 11.6 Å². The first kappa shape index (κ1) is 26.8. The Morgan fingerprint density at radius 1 is 0.727 bits per heavy atom. The molecule has 0 aliphatic carbocycles. The summed E-state index contributed by atoms with van der Waals surface area (Å²) in [6.45, 7) is 3.20. The van der Waals surface area contributed by atoms with E-state index in [0.29, 0.717) is 11.3 Å². The van der Waals surface area contributed by atoms with Crippen molar-refractivity contribution < 1.29 is 14.3 Å². The second-order valence-electron chi connectivity index (χ2n) is 8.10. The second-order valence-corrected chi connectivity index (χ2v) is 8.47. The molecule has 0 heterocycles. The van der Waals surface area contributed by atoms with Crippen molar-refractivity contribution in [2.24, 2.45) is 10.2 Å². The molecule has 2 rings (SSSR count). The largest absolute Gasteiger partial charge is 0.494 e. The molecule has 0 spiro atoms. The SMILES string of the molecule is CCCCCCCCCCCCOc1ccc(N=Nc2ccc(C(=O)OCCCl)cc2)cc1. The number of azo groups is 1. The van der Waals surface area contributed by atoms with Crippen molar-refractivity contribution in [1.82, 2.24) is 0 Å². The van der Waals surface area contributed by atoms with Gasteiger partial charge < -0.3 is 9.47 Å². The third kappa shape index (κ3) is 11.9. The Morgan fingerprint density at radius 2 is 1.24 bits per heavy atom. The van der Waals surface area contributed by atoms with E-state index in [2.05, 4.69) is 17.2 Å². The van der Waals surface area contributed by atoms with Crippen molar-refractivity contribution in [3.63, 3.8) is 0 Å². The van der Waals surface area contributed by atoms with Crippen LogP contribution in [0, 0.1) is 0 Å². The van der Waals surface area contributed by atoms with Crippen LogP contribution in [0.3, 0.4) is 0 Å². The van der Waals surface area contributed by atoms with E-state index in [0.717, 1.165) is 24.5 Å². The van der Waals surface area contributed by atoms with Crippen LogP contribution in [-0.4, -0.2) is 25.1 Å². The number of unbranched alkanes of at least 4 members (excludes halogenated alkanes) is 9. The summed E-state index contributed by atoms with van der Waals surface area (Å²) in [5.41, 5.74) is 1.86. The normalized spacial score (nSPS) is 11.1. The summed E-state index contributed by atoms with van der Waals surface area (Å²) in [6.07, 6.45) is 13.2. The Kier molecular flexibility index (Phi) is 13.9. The number of alkyl halides is 1. The molecule has 2 aromatic carbocycles. The average molecular weight is 473 g/mol. The fourth-order valence-corrected chi connectivity index (χ4v) is 3.46. The first-order valence-electron chi connectivity index (χ1n) is 12.2. The number of carbonyl (C=O) groups excluding carboxylic acids is 1. The van der Waals surface area contributed by atoms with Crippen LogP contribution in [0.5, 0.6) is 5.75 Å². The van der Waals surface area contributed by atoms with E-state index in [1.807, 2.05) is 24.3 Å². The van der Waals surface area contributed by atoms with E-state index < -0.39 is 5.97 Å². The number of carbonyl (C=O) groups is 1. The maximum Gasteiger partial charge on any atom is 0.338 e. The summed E-state index contributed by atoms with van der Waals surface area (Å²) in [7, 11) is 0. The fraction of sp³-hybridized carbons (Fsp3) is 0.519. The maximum absolute atomic E-state index is 11.8. The Labute approximate surface area is 203 Å². The molecule has 33 heavy (non-hydrogen) atoms. The lowest BCUT2D eigenvalue weighted by Crippen LogP contribution is -2.06. The van der Waals surface area contributed by atoms with Gasteiger partial charge in [0.05, 0.1) is 29.4 Å². The summed E-state index contributed by atoms with van der Waals surface area (Å²) in [5.74, 6) is 0.735. The van der Waals surface area contributed by atoms with Gasteiger partial charge >= 0.3 is 5.97 Å². The van der Waals surface area contributed by atoms with Crippen molar-refractivity contribution >= 4 is 28.9 Å². The van der Waals surface area contributed by atoms with Gasteiger partial charge in [0.15, 0.2) is 0 Å². The van der Waals surface area contributed by atoms with Crippen LogP contribution in [0.1, 0.15) is 81.5 Å². The summed E-state index contributed by atoms with van der Waals surface area (Å²) in [6, 6.07) is 14.4. The number of hydrogen-bond donors (Lipinski definition) is 0. The standard InChI is InChI=1S/C27H37ClN2O3/c1-2-3-4-5-6-7-8-9-10-11-21-32-26-18-16-25(17-19-26)30-29-24-14-12-23(13-15-24)27(31)33-22-20-28/h12-19H,2-11,20-22H2,1H3. The fourth-order valence-electron chi connectivity index (χ4n) is 3.38. The van der Waals surface area contributed by atoms with Crippen molar-refractivity contribution in [3.8, 4) is 5.75 Å². The third-order valence-electron chi connectivity index (χ3n) is 5.30. The summed E-state index contributed by atoms with van der Waals surface area (Å²) >= 11 is 5.52. The number of hydrogen-bond acceptors (Lipinski definition) is 5. The van der Waals surface area contributed by atoms with E-state index in [9.17, 15) is 4.79 Å². The first-order valence-corrected chi connectivity index (χ1v) is 12.7. The second kappa shape index (κ2) is 17.1. The zero-order valence-corrected chi connectivity index (χ0v) is 20.6. The highest BCUT2D eigenvalue weighted by atomic mass is 35.5. The highest BCUT2D eigenvalue weighted by molar-refractivity contribution is 6.18. The monoisotopic (exact) mass is 472 g/mol. The van der Waals surface area contributed by atoms with E-state index in [4.69, 9.17) is 21.1 Å². The molecule has 6 heteroatoms. The minimum absolute atomic E-state index is 0.195. The average Bonchev–Trinajstić information content (AvgIpc) is 2.85. The molecule has 0 unspecified atom stereocenters. The minimum Gasteiger partial charge on any atom is -0.494 e. The predicted octanol–water partition coefficient (Wildman–Crippen LogP) is 8.80. The number of esters is 1. The van der Waals surface area contributed by atoms with E-state index in [1.165, 1.54) is 57.8 Å². The zero-order valence-electron chi connectivity index (χ0n) is 19.8. The molecule has 0 fully saturated rings. The molecular formula is C27H37ClN2O3. The zero-order chi connectivity index (χ0) is 23.6. The number of benzene rings is 2. The molecule has 0 atom stereocenters. The van der Waals surface area contributed by atoms with Gasteiger partial charge in [0.2, 0.25) is 0 Å². The third-order valence-corrected chi connectivity index (χ3v) is 5.45. The van der Waals surface area contributed by atoms with Gasteiger partial charge in [-0.25, -0.2) is 4.79 Å². The molecule has 0 saturated heterocycles. The van der Waals surface area contributed by atoms with E-state index in [1.54, 1.807) is 24.3 Å². The number of rotatable bonds is 17. The Balaban J connectivity index is 1.61. The molecular weight excluding hydrogens is 436 g/mol. The lowest BCUT2D eigenvalue weighted by atomic mass is 10.1. The molecule has 180 valence electrons. The quantitative estimate of drug-likeness (QED) is 0.0999. The van der Waals surface area contributed by atoms with Gasteiger partial charge in [-0.1, -0.05) is 64.7 Å². The minimum atomic E-state index is -0.396. The molecule has 0 aliphatic rings. The molecule has 0 aromatic heterocycles. The molecule has 5 nitrogen and oxygen atoms in total. The summed E-state index contributed by atoms with van der Waals surface area (Å²) < 4.78 is 10.8. The summed E-state index contributed by atoms with van der Waals surface area (Å²) in [5, 5.41) is 8.45. The van der Waals surface area contributed by atoms with Gasteiger partial charge in [-0.2, -0.15) is 10.2 Å². The van der Waals surface area contributed by atoms with Crippen molar-refractivity contribution in [3.05, 3.63) is 54.1 Å². The van der Waals surface area contributed by atoms with E-state index in [-0.39, 0.29) is 12.5 Å². The topological polar surface area (TPSA) is 60.2 Å². The number of nitrogens with zero attached hydrogens (tertiary/aromatic N) is 2. The van der Waals surface area contributed by atoms with Crippen LogP contribution in [0.15, 0.2) is 58.8 Å². The van der Waals surface area contributed by atoms with Crippen LogP contribution in [0.25, 0.3) is 0 Å². The van der Waals surface area contributed by atoms with Crippen molar-refractivity contribution in [2.45, 2.75) is 71.1 Å². The van der Waals surface area contributed by atoms with E-state index >= 15 is 0 Å². The van der Waals surface area contributed by atoms with Gasteiger partial charge in [0.1, 0.15) is 12.4 Å². The lowest BCUT2D eigenvalue weighted by Gasteiger charge is -2.06. The highest BCUT2D eigenvalue weighted by Gasteiger charge is 2.06. The Hall–Kier alpha value is -2.40. The Morgan fingerprint density at radius 3 is 1.79 bits per heavy atom. The number of ether oxygens (including phenoxy) is 2. The van der Waals surface area contributed by atoms with Crippen LogP contribution >= 0.6 is 11.6 Å². The smallest absolute Gasteiger partial charge is 0.338 e. The van der Waals surface area contributed by atoms with Gasteiger partial charge in [0.25, 0.3) is 0 Å². The van der Waals surface area contributed by atoms with Crippen LogP contribution in [-0.2, 0) is 4.74 Å². The van der Waals surface area contributed by atoms with Crippen molar-refractivity contribution in [1.29, 1.82) is 0 Å². The van der Waals surface area contributed by atoms with Crippen LogP contribution in [0.4, 0.5) is 11.4 Å². The highest BCUT2D eigenvalue weighted by Crippen LogP contribution is 2.22. The van der Waals surface area contributed by atoms with Crippen LogP contribution < -0.4 is 4.74 Å². The first-order chi connectivity index (χ1) is 16.2. The molecule has 0 N–H and O–H groups in total. The lowest BCUT2D eigenvalue weighted by molar-refractivity contribution is 0.0529. The molecule has 0 aliphatic heterocycles. The van der Waals surface area contributed by atoms with Gasteiger partial charge in [-0.3, -0.25) is 0 Å². The molecule has 2 aromatic rings.